The van der Waals surface area contributed by atoms with Gasteiger partial charge >= 0.3 is 0 Å². The van der Waals surface area contributed by atoms with Crippen LogP contribution < -0.4 is 10.2 Å². The Balaban J connectivity index is 1.49. The number of aromatic nitrogens is 2. The predicted octanol–water partition coefficient (Wildman–Crippen LogP) is 2.20. The highest BCUT2D eigenvalue weighted by Crippen LogP contribution is 2.30. The first kappa shape index (κ1) is 19.9. The summed E-state index contributed by atoms with van der Waals surface area (Å²) < 4.78 is 25.2. The molecule has 0 radical (unpaired) electrons. The number of carbonyl (C=O) groups is 2. The molecule has 2 unspecified atom stereocenters. The molecule has 0 bridgehead atoms. The van der Waals surface area contributed by atoms with E-state index in [1.54, 1.807) is 46.8 Å². The molecule has 0 aliphatic carbocycles. The average molecular weight is 437 g/mol. The van der Waals surface area contributed by atoms with E-state index in [0.717, 1.165) is 0 Å². The van der Waals surface area contributed by atoms with Crippen molar-refractivity contribution < 1.29 is 18.0 Å². The molecule has 2 aliphatic rings. The van der Waals surface area contributed by atoms with Crippen molar-refractivity contribution in [1.29, 1.82) is 0 Å². The van der Waals surface area contributed by atoms with E-state index in [2.05, 4.69) is 10.4 Å². The number of anilines is 2. The van der Waals surface area contributed by atoms with Crippen LogP contribution in [-0.4, -0.2) is 48.1 Å². The van der Waals surface area contributed by atoms with Crippen LogP contribution in [0.2, 0.25) is 5.02 Å². The molecule has 2 fully saturated rings. The molecular weight excluding hydrogens is 416 g/mol. The lowest BCUT2D eigenvalue weighted by Gasteiger charge is -2.18. The first-order valence-electron chi connectivity index (χ1n) is 9.35. The zero-order chi connectivity index (χ0) is 20.8. The van der Waals surface area contributed by atoms with Crippen LogP contribution in [0.4, 0.5) is 11.5 Å². The minimum absolute atomic E-state index is 0.0153. The molecule has 29 heavy (non-hydrogen) atoms. The van der Waals surface area contributed by atoms with Crippen molar-refractivity contribution in [2.75, 3.05) is 28.3 Å². The maximum absolute atomic E-state index is 12.8. The van der Waals surface area contributed by atoms with Gasteiger partial charge < -0.3 is 10.2 Å². The number of halogens is 1. The van der Waals surface area contributed by atoms with Crippen molar-refractivity contribution in [1.82, 2.24) is 9.78 Å². The van der Waals surface area contributed by atoms with Crippen LogP contribution in [0.3, 0.4) is 0 Å². The number of benzene rings is 1. The lowest BCUT2D eigenvalue weighted by molar-refractivity contribution is -0.122. The Bertz CT molecular complexity index is 1080. The van der Waals surface area contributed by atoms with Crippen LogP contribution in [0.5, 0.6) is 0 Å². The van der Waals surface area contributed by atoms with E-state index in [0.29, 0.717) is 28.6 Å². The van der Waals surface area contributed by atoms with Gasteiger partial charge in [-0.2, -0.15) is 5.10 Å². The number of nitrogens with zero attached hydrogens (tertiary/aromatic N) is 3. The highest BCUT2D eigenvalue weighted by Gasteiger charge is 2.36. The normalized spacial score (nSPS) is 23.5. The van der Waals surface area contributed by atoms with Gasteiger partial charge in [0.2, 0.25) is 11.8 Å². The number of hydrogen-bond acceptors (Lipinski definition) is 5. The number of rotatable bonds is 4. The summed E-state index contributed by atoms with van der Waals surface area (Å²) in [7, 11) is -3.08. The predicted molar refractivity (Wildman–Crippen MR) is 110 cm³/mol. The fraction of sp³-hybridized carbons (Fsp3) is 0.421. The van der Waals surface area contributed by atoms with Gasteiger partial charge in [0.25, 0.3) is 0 Å². The third-order valence-corrected chi connectivity index (χ3v) is 7.26. The summed E-state index contributed by atoms with van der Waals surface area (Å²) in [5.74, 6) is -0.346. The summed E-state index contributed by atoms with van der Waals surface area (Å²) in [6.45, 7) is 2.05. The molecule has 2 atom stereocenters. The van der Waals surface area contributed by atoms with Crippen molar-refractivity contribution in [2.24, 2.45) is 5.92 Å². The SMILES string of the molecule is Cc1cc(NC(=O)C2CC(=O)N(c3cccc(Cl)c3)C2)n(C2CCS(=O)(=O)C2)n1. The highest BCUT2D eigenvalue weighted by molar-refractivity contribution is 7.91. The molecule has 2 saturated heterocycles. The summed E-state index contributed by atoms with van der Waals surface area (Å²) in [5.41, 5.74) is 1.35. The van der Waals surface area contributed by atoms with E-state index in [1.807, 2.05) is 0 Å². The van der Waals surface area contributed by atoms with E-state index < -0.39 is 15.8 Å². The monoisotopic (exact) mass is 436 g/mol. The smallest absolute Gasteiger partial charge is 0.230 e. The number of sulfone groups is 1. The Kier molecular flexibility index (Phi) is 5.12. The molecule has 4 rings (SSSR count). The van der Waals surface area contributed by atoms with Crippen LogP contribution in [0.25, 0.3) is 0 Å². The van der Waals surface area contributed by atoms with E-state index in [9.17, 15) is 18.0 Å². The van der Waals surface area contributed by atoms with Crippen LogP contribution in [0.1, 0.15) is 24.6 Å². The number of nitrogens with one attached hydrogen (secondary N) is 1. The van der Waals surface area contributed by atoms with Crippen LogP contribution in [-0.2, 0) is 19.4 Å². The zero-order valence-corrected chi connectivity index (χ0v) is 17.4. The van der Waals surface area contributed by atoms with Crippen molar-refractivity contribution >= 4 is 44.8 Å². The highest BCUT2D eigenvalue weighted by atomic mass is 35.5. The number of carbonyl (C=O) groups excluding carboxylic acids is 2. The molecular formula is C19H21ClN4O4S. The second-order valence-electron chi connectivity index (χ2n) is 7.55. The van der Waals surface area contributed by atoms with Gasteiger partial charge in [-0.1, -0.05) is 17.7 Å². The summed E-state index contributed by atoms with van der Waals surface area (Å²) in [6.07, 6.45) is 0.570. The summed E-state index contributed by atoms with van der Waals surface area (Å²) in [4.78, 5) is 26.8. The van der Waals surface area contributed by atoms with Gasteiger partial charge in [-0.25, -0.2) is 13.1 Å². The average Bonchev–Trinajstić information content (AvgIpc) is 3.31. The summed E-state index contributed by atoms with van der Waals surface area (Å²) >= 11 is 6.01. The Morgan fingerprint density at radius 3 is 2.79 bits per heavy atom. The lowest BCUT2D eigenvalue weighted by Crippen LogP contribution is -2.29. The molecule has 2 aromatic rings. The van der Waals surface area contributed by atoms with Gasteiger partial charge in [0.15, 0.2) is 9.84 Å². The molecule has 0 saturated carbocycles. The fourth-order valence-electron chi connectivity index (χ4n) is 3.86. The maximum Gasteiger partial charge on any atom is 0.230 e. The van der Waals surface area contributed by atoms with Crippen molar-refractivity contribution in [3.05, 3.63) is 41.0 Å². The Morgan fingerprint density at radius 2 is 2.10 bits per heavy atom. The molecule has 1 aromatic heterocycles. The lowest BCUT2D eigenvalue weighted by atomic mass is 10.1. The number of amides is 2. The molecule has 1 aromatic carbocycles. The van der Waals surface area contributed by atoms with Gasteiger partial charge in [-0.15, -0.1) is 0 Å². The number of aryl methyl sites for hydroxylation is 1. The number of hydrogen-bond donors (Lipinski definition) is 1. The largest absolute Gasteiger partial charge is 0.312 e. The Labute approximate surface area is 173 Å². The Morgan fingerprint density at radius 1 is 1.31 bits per heavy atom. The molecule has 1 N–H and O–H groups in total. The van der Waals surface area contributed by atoms with E-state index in [-0.39, 0.29) is 42.3 Å². The third-order valence-electron chi connectivity index (χ3n) is 5.28. The van der Waals surface area contributed by atoms with Crippen molar-refractivity contribution in [2.45, 2.75) is 25.8 Å². The third kappa shape index (κ3) is 4.16. The van der Waals surface area contributed by atoms with E-state index in [4.69, 9.17) is 11.6 Å². The van der Waals surface area contributed by atoms with Crippen LogP contribution in [0, 0.1) is 12.8 Å². The zero-order valence-electron chi connectivity index (χ0n) is 15.8. The quantitative estimate of drug-likeness (QED) is 0.791. The minimum Gasteiger partial charge on any atom is -0.312 e. The second-order valence-corrected chi connectivity index (χ2v) is 10.2. The molecule has 10 heteroatoms. The topological polar surface area (TPSA) is 101 Å². The van der Waals surface area contributed by atoms with Gasteiger partial charge in [0, 0.05) is 29.7 Å². The Hall–Kier alpha value is -2.39. The van der Waals surface area contributed by atoms with Crippen LogP contribution >= 0.6 is 11.6 Å². The first-order chi connectivity index (χ1) is 13.7. The molecule has 154 valence electrons. The molecule has 2 amide bonds. The molecule has 2 aliphatic heterocycles. The van der Waals surface area contributed by atoms with Gasteiger partial charge in [-0.3, -0.25) is 9.59 Å². The first-order valence-corrected chi connectivity index (χ1v) is 11.6. The van der Waals surface area contributed by atoms with E-state index >= 15 is 0 Å². The van der Waals surface area contributed by atoms with E-state index in [1.165, 1.54) is 0 Å². The van der Waals surface area contributed by atoms with Crippen molar-refractivity contribution in [3.8, 4) is 0 Å². The fourth-order valence-corrected chi connectivity index (χ4v) is 5.74. The van der Waals surface area contributed by atoms with Gasteiger partial charge in [-0.05, 0) is 31.5 Å². The second kappa shape index (κ2) is 7.46. The van der Waals surface area contributed by atoms with Crippen LogP contribution in [0.15, 0.2) is 30.3 Å². The summed E-state index contributed by atoms with van der Waals surface area (Å²) in [5, 5.41) is 7.74. The molecule has 0 spiro atoms. The molecule has 8 nitrogen and oxygen atoms in total. The van der Waals surface area contributed by atoms with Crippen molar-refractivity contribution in [3.63, 3.8) is 0 Å². The van der Waals surface area contributed by atoms with Gasteiger partial charge in [0.05, 0.1) is 29.2 Å². The minimum atomic E-state index is -3.08. The standard InChI is InChI=1S/C19H21ClN4O4S/c1-12-7-17(24(22-12)16-5-6-29(27,28)11-16)21-19(26)13-8-18(25)23(10-13)15-4-2-3-14(20)9-15/h2-4,7,9,13,16H,5-6,8,10-11H2,1H3,(H,21,26). The van der Waals surface area contributed by atoms with Gasteiger partial charge in [0.1, 0.15) is 5.82 Å². The molecule has 3 heterocycles. The summed E-state index contributed by atoms with van der Waals surface area (Å²) in [6, 6.07) is 8.38. The maximum atomic E-state index is 12.8.